The molecule has 0 amide bonds. The Labute approximate surface area is 119 Å². The first-order valence-corrected chi connectivity index (χ1v) is 6.26. The van der Waals surface area contributed by atoms with Crippen molar-refractivity contribution in [3.8, 4) is 11.5 Å². The number of nitrogen functional groups attached to an aromatic ring is 1. The first-order chi connectivity index (χ1) is 10.1. The lowest BCUT2D eigenvalue weighted by Crippen LogP contribution is -1.96. The number of carbonyl (C=O) groups excluding carboxylic acids is 1. The van der Waals surface area contributed by atoms with Gasteiger partial charge in [0.15, 0.2) is 12.1 Å². The highest BCUT2D eigenvalue weighted by Gasteiger charge is 2.11. The summed E-state index contributed by atoms with van der Waals surface area (Å²) in [4.78, 5) is 15.1. The average Bonchev–Trinajstić information content (AvgIpc) is 2.78. The standard InChI is InChI=1S/C15H12FN3O2/c1-9-11(16)3-2-4-13(9)21-10-5-6-14-18-15(17)12(8-20)19(14)7-10/h2-8H,17H2,1H3. The van der Waals surface area contributed by atoms with E-state index in [0.717, 1.165) is 0 Å². The number of benzene rings is 1. The molecule has 106 valence electrons. The third-order valence-corrected chi connectivity index (χ3v) is 3.21. The minimum atomic E-state index is -0.339. The molecule has 3 rings (SSSR count). The van der Waals surface area contributed by atoms with Gasteiger partial charge in [-0.2, -0.15) is 0 Å². The fourth-order valence-electron chi connectivity index (χ4n) is 2.06. The molecule has 0 fully saturated rings. The van der Waals surface area contributed by atoms with E-state index in [-0.39, 0.29) is 17.3 Å². The molecule has 3 aromatic rings. The van der Waals surface area contributed by atoms with Crippen LogP contribution in [0.5, 0.6) is 11.5 Å². The van der Waals surface area contributed by atoms with Gasteiger partial charge in [-0.05, 0) is 31.2 Å². The van der Waals surface area contributed by atoms with Gasteiger partial charge < -0.3 is 10.5 Å². The molecular formula is C15H12FN3O2. The maximum absolute atomic E-state index is 13.5. The quantitative estimate of drug-likeness (QED) is 0.751. The van der Waals surface area contributed by atoms with E-state index in [4.69, 9.17) is 10.5 Å². The van der Waals surface area contributed by atoms with E-state index in [2.05, 4.69) is 4.98 Å². The van der Waals surface area contributed by atoms with E-state index in [1.54, 1.807) is 37.4 Å². The number of nitrogens with zero attached hydrogens (tertiary/aromatic N) is 2. The summed E-state index contributed by atoms with van der Waals surface area (Å²) < 4.78 is 20.7. The number of hydrogen-bond donors (Lipinski definition) is 1. The fourth-order valence-corrected chi connectivity index (χ4v) is 2.06. The zero-order valence-electron chi connectivity index (χ0n) is 11.2. The highest BCUT2D eigenvalue weighted by atomic mass is 19.1. The van der Waals surface area contributed by atoms with Crippen molar-refractivity contribution in [2.75, 3.05) is 5.73 Å². The molecular weight excluding hydrogens is 273 g/mol. The molecule has 0 atom stereocenters. The van der Waals surface area contributed by atoms with Crippen molar-refractivity contribution < 1.29 is 13.9 Å². The Hall–Kier alpha value is -2.89. The summed E-state index contributed by atoms with van der Waals surface area (Å²) in [5.74, 6) is 0.685. The SMILES string of the molecule is Cc1c(F)cccc1Oc1ccc2nc(N)c(C=O)n2c1. The molecule has 0 spiro atoms. The Morgan fingerprint density at radius 3 is 2.90 bits per heavy atom. The van der Waals surface area contributed by atoms with Gasteiger partial charge in [-0.1, -0.05) is 6.07 Å². The van der Waals surface area contributed by atoms with E-state index in [1.165, 1.54) is 10.5 Å². The number of anilines is 1. The predicted octanol–water partition coefficient (Wildman–Crippen LogP) is 2.97. The molecule has 0 bridgehead atoms. The lowest BCUT2D eigenvalue weighted by molar-refractivity contribution is 0.111. The summed E-state index contributed by atoms with van der Waals surface area (Å²) in [6, 6.07) is 7.97. The van der Waals surface area contributed by atoms with Crippen molar-refractivity contribution in [2.24, 2.45) is 0 Å². The van der Waals surface area contributed by atoms with Crippen LogP contribution in [0.3, 0.4) is 0 Å². The summed E-state index contributed by atoms with van der Waals surface area (Å²) in [7, 11) is 0. The van der Waals surface area contributed by atoms with Crippen LogP contribution in [0.1, 0.15) is 16.1 Å². The summed E-state index contributed by atoms with van der Waals surface area (Å²) in [6.07, 6.45) is 2.22. The second-order valence-electron chi connectivity index (χ2n) is 4.56. The summed E-state index contributed by atoms with van der Waals surface area (Å²) in [5, 5.41) is 0. The van der Waals surface area contributed by atoms with Gasteiger partial charge in [-0.15, -0.1) is 0 Å². The van der Waals surface area contributed by atoms with Gasteiger partial charge in [-0.25, -0.2) is 9.37 Å². The molecule has 6 heteroatoms. The highest BCUT2D eigenvalue weighted by Crippen LogP contribution is 2.27. The maximum Gasteiger partial charge on any atom is 0.170 e. The smallest absolute Gasteiger partial charge is 0.170 e. The second-order valence-corrected chi connectivity index (χ2v) is 4.56. The van der Waals surface area contributed by atoms with Crippen LogP contribution in [-0.4, -0.2) is 15.7 Å². The molecule has 0 aliphatic carbocycles. The van der Waals surface area contributed by atoms with Gasteiger partial charge in [0.05, 0.1) is 6.20 Å². The van der Waals surface area contributed by atoms with E-state index in [1.807, 2.05) is 0 Å². The number of aromatic nitrogens is 2. The van der Waals surface area contributed by atoms with E-state index in [9.17, 15) is 9.18 Å². The number of fused-ring (bicyclic) bond motifs is 1. The number of ether oxygens (including phenoxy) is 1. The van der Waals surface area contributed by atoms with Gasteiger partial charge in [0.1, 0.15) is 28.7 Å². The molecule has 21 heavy (non-hydrogen) atoms. The zero-order valence-corrected chi connectivity index (χ0v) is 11.2. The van der Waals surface area contributed by atoms with Crippen LogP contribution in [0.4, 0.5) is 10.2 Å². The lowest BCUT2D eigenvalue weighted by atomic mass is 10.2. The highest BCUT2D eigenvalue weighted by molar-refractivity contribution is 5.82. The first kappa shape index (κ1) is 13.1. The Bertz CT molecular complexity index is 842. The molecule has 1 aromatic carbocycles. The van der Waals surface area contributed by atoms with Crippen LogP contribution in [-0.2, 0) is 0 Å². The molecule has 0 unspecified atom stereocenters. The van der Waals surface area contributed by atoms with Crippen LogP contribution in [0.15, 0.2) is 36.5 Å². The minimum Gasteiger partial charge on any atom is -0.455 e. The summed E-state index contributed by atoms with van der Waals surface area (Å²) in [5.41, 5.74) is 6.87. The number of aldehydes is 1. The molecule has 5 nitrogen and oxygen atoms in total. The van der Waals surface area contributed by atoms with Crippen molar-refractivity contribution in [1.29, 1.82) is 0 Å². The number of nitrogens with two attached hydrogens (primary N) is 1. The number of halogens is 1. The largest absolute Gasteiger partial charge is 0.455 e. The summed E-state index contributed by atoms with van der Waals surface area (Å²) in [6.45, 7) is 1.63. The number of carbonyl (C=O) groups is 1. The molecule has 2 aromatic heterocycles. The number of imidazole rings is 1. The van der Waals surface area contributed by atoms with Crippen LogP contribution < -0.4 is 10.5 Å². The second kappa shape index (κ2) is 4.90. The van der Waals surface area contributed by atoms with E-state index < -0.39 is 0 Å². The van der Waals surface area contributed by atoms with E-state index >= 15 is 0 Å². The van der Waals surface area contributed by atoms with Crippen LogP contribution in [0, 0.1) is 12.7 Å². The van der Waals surface area contributed by atoms with Crippen molar-refractivity contribution in [3.05, 3.63) is 53.6 Å². The van der Waals surface area contributed by atoms with Crippen molar-refractivity contribution in [1.82, 2.24) is 9.38 Å². The average molecular weight is 285 g/mol. The van der Waals surface area contributed by atoms with Gasteiger partial charge >= 0.3 is 0 Å². The van der Waals surface area contributed by atoms with Crippen molar-refractivity contribution >= 4 is 17.8 Å². The molecule has 0 saturated carbocycles. The Morgan fingerprint density at radius 1 is 1.33 bits per heavy atom. The summed E-state index contributed by atoms with van der Waals surface area (Å²) >= 11 is 0. The number of rotatable bonds is 3. The first-order valence-electron chi connectivity index (χ1n) is 6.26. The van der Waals surface area contributed by atoms with Gasteiger partial charge in [0, 0.05) is 5.56 Å². The fraction of sp³-hybridized carbons (Fsp3) is 0.0667. The Balaban J connectivity index is 2.05. The third kappa shape index (κ3) is 2.20. The van der Waals surface area contributed by atoms with Crippen LogP contribution in [0.25, 0.3) is 5.65 Å². The van der Waals surface area contributed by atoms with Gasteiger partial charge in [-0.3, -0.25) is 9.20 Å². The normalized spacial score (nSPS) is 10.8. The topological polar surface area (TPSA) is 69.6 Å². The molecule has 0 radical (unpaired) electrons. The number of hydrogen-bond acceptors (Lipinski definition) is 4. The Kier molecular flexibility index (Phi) is 3.06. The molecule has 2 N–H and O–H groups in total. The van der Waals surface area contributed by atoms with Crippen LogP contribution in [0.2, 0.25) is 0 Å². The lowest BCUT2D eigenvalue weighted by Gasteiger charge is -2.09. The molecule has 0 aliphatic rings. The predicted molar refractivity (Wildman–Crippen MR) is 76.2 cm³/mol. The molecule has 2 heterocycles. The molecule has 0 saturated heterocycles. The van der Waals surface area contributed by atoms with Gasteiger partial charge in [0.2, 0.25) is 0 Å². The monoisotopic (exact) mass is 285 g/mol. The van der Waals surface area contributed by atoms with Crippen molar-refractivity contribution in [3.63, 3.8) is 0 Å². The molecule has 0 aliphatic heterocycles. The van der Waals surface area contributed by atoms with Crippen LogP contribution >= 0.6 is 0 Å². The van der Waals surface area contributed by atoms with E-state index in [0.29, 0.717) is 29.0 Å². The zero-order chi connectivity index (χ0) is 15.0. The van der Waals surface area contributed by atoms with Crippen molar-refractivity contribution in [2.45, 2.75) is 6.92 Å². The number of pyridine rings is 1. The maximum atomic E-state index is 13.5. The minimum absolute atomic E-state index is 0.157. The third-order valence-electron chi connectivity index (χ3n) is 3.21. The Morgan fingerprint density at radius 2 is 2.14 bits per heavy atom. The van der Waals surface area contributed by atoms with Gasteiger partial charge in [0.25, 0.3) is 0 Å².